The Labute approximate surface area is 168 Å². The normalized spacial score (nSPS) is 12.0. The minimum absolute atomic E-state index is 0.144. The molecule has 1 amide bonds. The van der Waals surface area contributed by atoms with Gasteiger partial charge < -0.3 is 5.32 Å². The highest BCUT2D eigenvalue weighted by Crippen LogP contribution is 2.23. The smallest absolute Gasteiger partial charge is 0.307 e. The van der Waals surface area contributed by atoms with Crippen molar-refractivity contribution in [1.82, 2.24) is 19.6 Å². The summed E-state index contributed by atoms with van der Waals surface area (Å²) in [4.78, 5) is 23.2. The number of carbonyl (C=O) groups is 1. The van der Waals surface area contributed by atoms with Gasteiger partial charge in [-0.05, 0) is 32.8 Å². The molecule has 29 heavy (non-hydrogen) atoms. The summed E-state index contributed by atoms with van der Waals surface area (Å²) in [5, 5.41) is 22.4. The molecule has 9 nitrogen and oxygen atoms in total. The van der Waals surface area contributed by atoms with Crippen LogP contribution in [-0.2, 0) is 11.3 Å². The van der Waals surface area contributed by atoms with Gasteiger partial charge in [0.1, 0.15) is 18.4 Å². The zero-order valence-corrected chi connectivity index (χ0v) is 16.9. The van der Waals surface area contributed by atoms with Crippen LogP contribution in [0.5, 0.6) is 0 Å². The Bertz CT molecular complexity index is 1040. The van der Waals surface area contributed by atoms with Gasteiger partial charge in [0.15, 0.2) is 0 Å². The number of benzene rings is 1. The molecule has 0 aliphatic carbocycles. The van der Waals surface area contributed by atoms with Gasteiger partial charge in [-0.1, -0.05) is 36.8 Å². The zero-order chi connectivity index (χ0) is 21.1. The first-order chi connectivity index (χ1) is 13.8. The highest BCUT2D eigenvalue weighted by Gasteiger charge is 2.24. The van der Waals surface area contributed by atoms with Gasteiger partial charge in [-0.15, -0.1) is 0 Å². The van der Waals surface area contributed by atoms with Crippen molar-refractivity contribution in [1.29, 1.82) is 0 Å². The molecule has 1 N–H and O–H groups in total. The van der Waals surface area contributed by atoms with Gasteiger partial charge in [0, 0.05) is 0 Å². The van der Waals surface area contributed by atoms with Gasteiger partial charge in [0.25, 0.3) is 0 Å². The molecule has 1 atom stereocenters. The Morgan fingerprint density at radius 3 is 2.52 bits per heavy atom. The molecule has 0 aliphatic heterocycles. The summed E-state index contributed by atoms with van der Waals surface area (Å²) in [7, 11) is 0. The fourth-order valence-electron chi connectivity index (χ4n) is 3.19. The Morgan fingerprint density at radius 1 is 1.24 bits per heavy atom. The van der Waals surface area contributed by atoms with Gasteiger partial charge in [0.2, 0.25) is 5.91 Å². The number of amides is 1. The second kappa shape index (κ2) is 8.26. The van der Waals surface area contributed by atoms with E-state index in [2.05, 4.69) is 39.8 Å². The van der Waals surface area contributed by atoms with Crippen LogP contribution in [0.1, 0.15) is 41.9 Å². The Morgan fingerprint density at radius 2 is 1.93 bits per heavy atom. The van der Waals surface area contributed by atoms with Crippen molar-refractivity contribution in [3.63, 3.8) is 0 Å². The van der Waals surface area contributed by atoms with E-state index in [0.29, 0.717) is 24.3 Å². The van der Waals surface area contributed by atoms with Crippen LogP contribution in [0, 0.1) is 30.9 Å². The van der Waals surface area contributed by atoms with Gasteiger partial charge in [0.05, 0.1) is 28.5 Å². The number of rotatable bonds is 7. The van der Waals surface area contributed by atoms with Gasteiger partial charge in [-0.25, -0.2) is 0 Å². The Balaban J connectivity index is 1.79. The highest BCUT2D eigenvalue weighted by molar-refractivity contribution is 5.94. The molecule has 3 aromatic rings. The molecular formula is C20H24N6O3. The molecule has 3 rings (SSSR count). The van der Waals surface area contributed by atoms with Gasteiger partial charge >= 0.3 is 5.69 Å². The first-order valence-corrected chi connectivity index (χ1v) is 9.39. The lowest BCUT2D eigenvalue weighted by atomic mass is 10.1. The summed E-state index contributed by atoms with van der Waals surface area (Å²) in [6.07, 6.45) is 2.86. The second-order valence-corrected chi connectivity index (χ2v) is 7.04. The Hall–Kier alpha value is -3.49. The molecule has 0 radical (unpaired) electrons. The Kier molecular flexibility index (Phi) is 5.76. The first-order valence-electron chi connectivity index (χ1n) is 9.39. The van der Waals surface area contributed by atoms with Crippen molar-refractivity contribution >= 4 is 17.3 Å². The number of aryl methyl sites for hydroxylation is 2. The number of nitrogens with one attached hydrogen (secondary N) is 1. The maximum atomic E-state index is 12.9. The summed E-state index contributed by atoms with van der Waals surface area (Å²) in [5.74, 6) is -0.286. The molecule has 1 aromatic carbocycles. The standard InChI is InChI=1S/C20H24N6O3/c1-5-18(25-12-17(10-21-25)26(28)29)20(27)22-19-14(3)23-24(15(19)4)11-16-8-6-13(2)7-9-16/h6-10,12,18H,5,11H2,1-4H3,(H,22,27). The van der Waals surface area contributed by atoms with Crippen LogP contribution >= 0.6 is 0 Å². The van der Waals surface area contributed by atoms with Crippen LogP contribution in [0.15, 0.2) is 36.7 Å². The summed E-state index contributed by atoms with van der Waals surface area (Å²) < 4.78 is 3.18. The minimum Gasteiger partial charge on any atom is -0.321 e. The summed E-state index contributed by atoms with van der Waals surface area (Å²) in [6.45, 7) is 8.22. The van der Waals surface area contributed by atoms with E-state index in [-0.39, 0.29) is 11.6 Å². The van der Waals surface area contributed by atoms with Crippen LogP contribution in [0.3, 0.4) is 0 Å². The zero-order valence-electron chi connectivity index (χ0n) is 16.9. The van der Waals surface area contributed by atoms with Gasteiger partial charge in [-0.2, -0.15) is 10.2 Å². The number of nitrogens with zero attached hydrogens (tertiary/aromatic N) is 5. The van der Waals surface area contributed by atoms with Crippen LogP contribution in [0.4, 0.5) is 11.4 Å². The van der Waals surface area contributed by atoms with Crippen molar-refractivity contribution in [3.05, 3.63) is 69.3 Å². The largest absolute Gasteiger partial charge is 0.321 e. The van der Waals surface area contributed by atoms with Crippen LogP contribution in [0.2, 0.25) is 0 Å². The molecule has 1 unspecified atom stereocenters. The average molecular weight is 396 g/mol. The molecule has 0 aliphatic rings. The molecule has 0 bridgehead atoms. The highest BCUT2D eigenvalue weighted by atomic mass is 16.6. The lowest BCUT2D eigenvalue weighted by Gasteiger charge is -2.15. The number of hydrogen-bond donors (Lipinski definition) is 1. The lowest BCUT2D eigenvalue weighted by molar-refractivity contribution is -0.385. The van der Waals surface area contributed by atoms with Crippen molar-refractivity contribution in [3.8, 4) is 0 Å². The number of aromatic nitrogens is 4. The monoisotopic (exact) mass is 396 g/mol. The molecule has 0 saturated carbocycles. The van der Waals surface area contributed by atoms with Crippen LogP contribution in [0.25, 0.3) is 0 Å². The molecule has 0 saturated heterocycles. The van der Waals surface area contributed by atoms with Crippen molar-refractivity contribution < 1.29 is 9.72 Å². The molecule has 0 fully saturated rings. The van der Waals surface area contributed by atoms with Crippen LogP contribution < -0.4 is 5.32 Å². The summed E-state index contributed by atoms with van der Waals surface area (Å²) in [6, 6.07) is 7.57. The molecule has 2 aromatic heterocycles. The van der Waals surface area contributed by atoms with Crippen molar-refractivity contribution in [2.24, 2.45) is 0 Å². The van der Waals surface area contributed by atoms with E-state index in [1.54, 1.807) is 0 Å². The molecule has 152 valence electrons. The maximum Gasteiger partial charge on any atom is 0.307 e. The van der Waals surface area contributed by atoms with E-state index in [1.165, 1.54) is 16.4 Å². The lowest BCUT2D eigenvalue weighted by Crippen LogP contribution is -2.26. The quantitative estimate of drug-likeness (QED) is 0.485. The van der Waals surface area contributed by atoms with Gasteiger partial charge in [-0.3, -0.25) is 24.3 Å². The number of hydrogen-bond acceptors (Lipinski definition) is 5. The van der Waals surface area contributed by atoms with E-state index in [9.17, 15) is 14.9 Å². The first kappa shape index (κ1) is 20.2. The summed E-state index contributed by atoms with van der Waals surface area (Å²) >= 11 is 0. The number of anilines is 1. The SMILES string of the molecule is CCC(C(=O)Nc1c(C)nn(Cc2ccc(C)cc2)c1C)n1cc([N+](=O)[O-])cn1. The van der Waals surface area contributed by atoms with Crippen molar-refractivity contribution in [2.75, 3.05) is 5.32 Å². The van der Waals surface area contributed by atoms with E-state index < -0.39 is 11.0 Å². The predicted molar refractivity (Wildman–Crippen MR) is 109 cm³/mol. The third-order valence-corrected chi connectivity index (χ3v) is 4.89. The summed E-state index contributed by atoms with van der Waals surface area (Å²) in [5.41, 5.74) is 4.38. The van der Waals surface area contributed by atoms with E-state index in [1.807, 2.05) is 32.4 Å². The minimum atomic E-state index is -0.650. The maximum absolute atomic E-state index is 12.9. The van der Waals surface area contributed by atoms with Crippen LogP contribution in [-0.4, -0.2) is 30.4 Å². The van der Waals surface area contributed by atoms with E-state index in [4.69, 9.17) is 0 Å². The average Bonchev–Trinajstić information content (AvgIpc) is 3.26. The molecular weight excluding hydrogens is 372 g/mol. The molecule has 0 spiro atoms. The fraction of sp³-hybridized carbons (Fsp3) is 0.350. The third-order valence-electron chi connectivity index (χ3n) is 4.89. The van der Waals surface area contributed by atoms with E-state index >= 15 is 0 Å². The van der Waals surface area contributed by atoms with Crippen molar-refractivity contribution in [2.45, 2.75) is 46.7 Å². The fourth-order valence-corrected chi connectivity index (χ4v) is 3.19. The number of carbonyl (C=O) groups excluding carboxylic acids is 1. The molecule has 9 heteroatoms. The van der Waals surface area contributed by atoms with E-state index in [0.717, 1.165) is 17.5 Å². The molecule has 2 heterocycles. The topological polar surface area (TPSA) is 108 Å². The number of nitro groups is 1. The third kappa shape index (κ3) is 4.34. The second-order valence-electron chi connectivity index (χ2n) is 7.04. The predicted octanol–water partition coefficient (Wildman–Crippen LogP) is 3.55.